The lowest BCUT2D eigenvalue weighted by molar-refractivity contribution is -0.272. The zero-order valence-electron chi connectivity index (χ0n) is 29.9. The van der Waals surface area contributed by atoms with Gasteiger partial charge in [0.1, 0.15) is 6.10 Å². The molecule has 3 saturated carbocycles. The molecule has 1 spiro atoms. The van der Waals surface area contributed by atoms with Crippen LogP contribution in [-0.4, -0.2) is 30.6 Å². The van der Waals surface area contributed by atoms with Gasteiger partial charge in [-0.2, -0.15) is 0 Å². The molecule has 4 aliphatic carbocycles. The van der Waals surface area contributed by atoms with Crippen LogP contribution in [0.15, 0.2) is 11.6 Å². The second kappa shape index (κ2) is 14.3. The van der Waals surface area contributed by atoms with Crippen LogP contribution in [-0.2, 0) is 19.0 Å². The van der Waals surface area contributed by atoms with E-state index in [0.29, 0.717) is 35.7 Å². The standard InChI is InChI=1S/C41H68O4/c1-6-7-8-9-10-11-12-13-14-15-16-17-37(42)44-32-21-23-39(4)31(26-32)18-19-33-34(39)22-24-40(5)35(33)27-36-38(40)30(3)41(45-36)25-20-29(2)28-43-41/h18,29-30,32-36,38H,6-17,19-28H2,1-5H3. The molecule has 6 rings (SSSR count). The van der Waals surface area contributed by atoms with Crippen molar-refractivity contribution in [2.24, 2.45) is 46.3 Å². The maximum absolute atomic E-state index is 12.8. The minimum absolute atomic E-state index is 0.0445. The van der Waals surface area contributed by atoms with Crippen molar-refractivity contribution in [3.05, 3.63) is 11.6 Å². The summed E-state index contributed by atoms with van der Waals surface area (Å²) >= 11 is 0. The van der Waals surface area contributed by atoms with E-state index in [1.165, 1.54) is 103 Å². The monoisotopic (exact) mass is 625 g/mol. The molecule has 0 bridgehead atoms. The van der Waals surface area contributed by atoms with Crippen molar-refractivity contribution in [2.45, 2.75) is 187 Å². The molecule has 6 aliphatic rings. The SMILES string of the molecule is CCCCCCCCCCCCCC(=O)OC1CCC2(C)C(=CCC3C2CCC2(C)C3CC3OC4(CCC(C)CO4)C(C)C32)C1. The number of hydrogen-bond donors (Lipinski definition) is 0. The molecular formula is C41H68O4. The fraction of sp³-hybridized carbons (Fsp3) is 0.927. The quantitative estimate of drug-likeness (QED) is 0.116. The molecule has 45 heavy (non-hydrogen) atoms. The Morgan fingerprint density at radius 2 is 1.60 bits per heavy atom. The fourth-order valence-electron chi connectivity index (χ4n) is 11.9. The lowest BCUT2D eigenvalue weighted by atomic mass is 9.47. The molecular weight excluding hydrogens is 556 g/mol. The second-order valence-electron chi connectivity index (χ2n) is 17.4. The number of unbranched alkanes of at least 4 members (excludes halogenated alkanes) is 10. The first-order valence-electron chi connectivity index (χ1n) is 19.9. The van der Waals surface area contributed by atoms with E-state index in [1.807, 2.05) is 0 Å². The Hall–Kier alpha value is -0.870. The number of carbonyl (C=O) groups is 1. The topological polar surface area (TPSA) is 44.8 Å². The van der Waals surface area contributed by atoms with Gasteiger partial charge >= 0.3 is 5.97 Å². The molecule has 2 aliphatic heterocycles. The zero-order chi connectivity index (χ0) is 31.7. The lowest BCUT2D eigenvalue weighted by Gasteiger charge is -2.58. The molecule has 11 atom stereocenters. The van der Waals surface area contributed by atoms with Gasteiger partial charge in [0.25, 0.3) is 0 Å². The predicted molar refractivity (Wildman–Crippen MR) is 183 cm³/mol. The molecule has 4 heteroatoms. The Balaban J connectivity index is 0.960. The first-order valence-corrected chi connectivity index (χ1v) is 19.9. The third kappa shape index (κ3) is 6.73. The summed E-state index contributed by atoms with van der Waals surface area (Å²) in [6.45, 7) is 13.1. The number of carbonyl (C=O) groups excluding carboxylic acids is 1. The number of hydrogen-bond acceptors (Lipinski definition) is 4. The molecule has 11 unspecified atom stereocenters. The minimum Gasteiger partial charge on any atom is -0.462 e. The zero-order valence-corrected chi connectivity index (χ0v) is 29.9. The van der Waals surface area contributed by atoms with Crippen molar-refractivity contribution in [2.75, 3.05) is 6.61 Å². The molecule has 0 amide bonds. The van der Waals surface area contributed by atoms with E-state index in [-0.39, 0.29) is 23.3 Å². The highest BCUT2D eigenvalue weighted by Gasteiger charge is 2.68. The number of allylic oxidation sites excluding steroid dienone is 1. The molecule has 0 radical (unpaired) electrons. The van der Waals surface area contributed by atoms with Gasteiger partial charge in [0.15, 0.2) is 5.79 Å². The highest BCUT2D eigenvalue weighted by molar-refractivity contribution is 5.69. The van der Waals surface area contributed by atoms with E-state index >= 15 is 0 Å². The number of fused-ring (bicyclic) bond motifs is 7. The van der Waals surface area contributed by atoms with Gasteiger partial charge in [-0.05, 0) is 91.8 Å². The van der Waals surface area contributed by atoms with Crippen molar-refractivity contribution in [3.8, 4) is 0 Å². The molecule has 2 saturated heterocycles. The van der Waals surface area contributed by atoms with Crippen molar-refractivity contribution in [3.63, 3.8) is 0 Å². The predicted octanol–water partition coefficient (Wildman–Crippen LogP) is 11.0. The van der Waals surface area contributed by atoms with E-state index in [2.05, 4.69) is 40.7 Å². The maximum Gasteiger partial charge on any atom is 0.306 e. The summed E-state index contributed by atoms with van der Waals surface area (Å²) in [5, 5.41) is 0. The number of rotatable bonds is 13. The van der Waals surface area contributed by atoms with Gasteiger partial charge in [-0.25, -0.2) is 0 Å². The Kier molecular flexibility index (Phi) is 10.8. The average molecular weight is 625 g/mol. The molecule has 0 aromatic rings. The first-order chi connectivity index (χ1) is 21.7. The fourth-order valence-corrected chi connectivity index (χ4v) is 11.9. The third-order valence-electron chi connectivity index (χ3n) is 14.6. The molecule has 0 aromatic carbocycles. The van der Waals surface area contributed by atoms with Gasteiger partial charge in [0, 0.05) is 25.2 Å². The molecule has 4 nitrogen and oxygen atoms in total. The van der Waals surface area contributed by atoms with Crippen molar-refractivity contribution < 1.29 is 19.0 Å². The van der Waals surface area contributed by atoms with Crippen LogP contribution >= 0.6 is 0 Å². The molecule has 0 N–H and O–H groups in total. The van der Waals surface area contributed by atoms with Crippen LogP contribution in [0, 0.1) is 46.3 Å². The van der Waals surface area contributed by atoms with Gasteiger partial charge in [0.2, 0.25) is 0 Å². The summed E-state index contributed by atoms with van der Waals surface area (Å²) in [6.07, 6.45) is 28.7. The highest BCUT2D eigenvalue weighted by Crippen LogP contribution is 2.70. The Bertz CT molecular complexity index is 1030. The van der Waals surface area contributed by atoms with Gasteiger partial charge in [-0.1, -0.05) is 110 Å². The van der Waals surface area contributed by atoms with Crippen LogP contribution in [0.25, 0.3) is 0 Å². The van der Waals surface area contributed by atoms with Gasteiger partial charge in [-0.15, -0.1) is 0 Å². The molecule has 2 heterocycles. The van der Waals surface area contributed by atoms with Crippen molar-refractivity contribution >= 4 is 5.97 Å². The average Bonchev–Trinajstić information content (AvgIpc) is 3.47. The Morgan fingerprint density at radius 3 is 2.29 bits per heavy atom. The van der Waals surface area contributed by atoms with E-state index in [4.69, 9.17) is 14.2 Å². The molecule has 256 valence electrons. The van der Waals surface area contributed by atoms with Crippen molar-refractivity contribution in [1.82, 2.24) is 0 Å². The number of esters is 1. The smallest absolute Gasteiger partial charge is 0.306 e. The normalized spacial score (nSPS) is 43.7. The summed E-state index contributed by atoms with van der Waals surface area (Å²) in [7, 11) is 0. The van der Waals surface area contributed by atoms with Gasteiger partial charge in [-0.3, -0.25) is 4.79 Å². The summed E-state index contributed by atoms with van der Waals surface area (Å²) in [5.74, 6) is 3.78. The van der Waals surface area contributed by atoms with Gasteiger partial charge in [0.05, 0.1) is 12.7 Å². The van der Waals surface area contributed by atoms with Gasteiger partial charge < -0.3 is 14.2 Å². The maximum atomic E-state index is 12.8. The molecule has 0 aromatic heterocycles. The molecule has 5 fully saturated rings. The summed E-state index contributed by atoms with van der Waals surface area (Å²) in [5.41, 5.74) is 2.25. The van der Waals surface area contributed by atoms with E-state index in [9.17, 15) is 4.79 Å². The third-order valence-corrected chi connectivity index (χ3v) is 14.6. The second-order valence-corrected chi connectivity index (χ2v) is 17.4. The largest absolute Gasteiger partial charge is 0.462 e. The Morgan fingerprint density at radius 1 is 0.889 bits per heavy atom. The first kappa shape index (κ1) is 34.0. The van der Waals surface area contributed by atoms with Crippen LogP contribution in [0.4, 0.5) is 0 Å². The van der Waals surface area contributed by atoms with E-state index in [1.54, 1.807) is 5.57 Å². The summed E-state index contributed by atoms with van der Waals surface area (Å²) < 4.78 is 19.6. The lowest BCUT2D eigenvalue weighted by Crippen LogP contribution is -2.52. The minimum atomic E-state index is -0.318. The number of ether oxygens (including phenoxy) is 3. The summed E-state index contributed by atoms with van der Waals surface area (Å²) in [4.78, 5) is 12.8. The van der Waals surface area contributed by atoms with E-state index in [0.717, 1.165) is 50.0 Å². The van der Waals surface area contributed by atoms with Crippen LogP contribution in [0.3, 0.4) is 0 Å². The van der Waals surface area contributed by atoms with E-state index < -0.39 is 0 Å². The van der Waals surface area contributed by atoms with Crippen LogP contribution in [0.2, 0.25) is 0 Å². The van der Waals surface area contributed by atoms with Crippen LogP contribution < -0.4 is 0 Å². The van der Waals surface area contributed by atoms with Crippen LogP contribution in [0.5, 0.6) is 0 Å². The summed E-state index contributed by atoms with van der Waals surface area (Å²) in [6, 6.07) is 0. The van der Waals surface area contributed by atoms with Crippen LogP contribution in [0.1, 0.15) is 169 Å². The van der Waals surface area contributed by atoms with Crippen molar-refractivity contribution in [1.29, 1.82) is 0 Å². The Labute approximate surface area is 276 Å². The highest BCUT2D eigenvalue weighted by atomic mass is 16.7.